The summed E-state index contributed by atoms with van der Waals surface area (Å²) in [5.41, 5.74) is 1.74. The highest BCUT2D eigenvalue weighted by Crippen LogP contribution is 2.26. The Morgan fingerprint density at radius 3 is 2.70 bits per heavy atom. The number of ketones is 1. The van der Waals surface area contributed by atoms with Crippen molar-refractivity contribution in [3.8, 4) is 11.5 Å². The van der Waals surface area contributed by atoms with E-state index in [1.807, 2.05) is 11.4 Å². The van der Waals surface area contributed by atoms with Gasteiger partial charge in [-0.3, -0.25) is 9.59 Å². The molecule has 0 aliphatic rings. The zero-order valence-electron chi connectivity index (χ0n) is 14.5. The zero-order chi connectivity index (χ0) is 19.2. The molecular formula is C21H17NO4S. The van der Waals surface area contributed by atoms with Crippen molar-refractivity contribution in [1.29, 1.82) is 0 Å². The molecule has 0 aliphatic carbocycles. The van der Waals surface area contributed by atoms with Crippen molar-refractivity contribution in [2.75, 3.05) is 12.4 Å². The van der Waals surface area contributed by atoms with E-state index in [4.69, 9.17) is 4.74 Å². The van der Waals surface area contributed by atoms with Crippen LogP contribution in [0.5, 0.6) is 11.5 Å². The monoisotopic (exact) mass is 379 g/mol. The van der Waals surface area contributed by atoms with E-state index in [1.54, 1.807) is 48.5 Å². The number of phenolic OH excluding ortho intramolecular Hbond substituents is 1. The van der Waals surface area contributed by atoms with Crippen molar-refractivity contribution in [1.82, 2.24) is 0 Å². The largest absolute Gasteiger partial charge is 0.504 e. The number of nitrogens with one attached hydrogen (secondary N) is 1. The maximum absolute atomic E-state index is 12.4. The van der Waals surface area contributed by atoms with Crippen molar-refractivity contribution in [3.05, 3.63) is 82.1 Å². The molecule has 2 aromatic carbocycles. The normalized spacial score (nSPS) is 10.7. The maximum atomic E-state index is 12.4. The number of hydrogen-bond donors (Lipinski definition) is 2. The molecular weight excluding hydrogens is 362 g/mol. The molecule has 136 valence electrons. The van der Waals surface area contributed by atoms with Crippen LogP contribution in [0.3, 0.4) is 0 Å². The van der Waals surface area contributed by atoms with E-state index in [0.29, 0.717) is 21.9 Å². The minimum Gasteiger partial charge on any atom is -0.504 e. The van der Waals surface area contributed by atoms with Gasteiger partial charge in [0.15, 0.2) is 17.3 Å². The van der Waals surface area contributed by atoms with Crippen molar-refractivity contribution >= 4 is 34.8 Å². The average Bonchev–Trinajstić information content (AvgIpc) is 3.22. The Kier molecular flexibility index (Phi) is 5.68. The van der Waals surface area contributed by atoms with Crippen LogP contribution >= 0.6 is 11.3 Å². The van der Waals surface area contributed by atoms with E-state index < -0.39 is 0 Å². The molecule has 0 radical (unpaired) electrons. The lowest BCUT2D eigenvalue weighted by atomic mass is 10.1. The Morgan fingerprint density at radius 2 is 1.96 bits per heavy atom. The van der Waals surface area contributed by atoms with Crippen LogP contribution in [0, 0.1) is 0 Å². The first-order valence-electron chi connectivity index (χ1n) is 8.11. The van der Waals surface area contributed by atoms with E-state index >= 15 is 0 Å². The first kappa shape index (κ1) is 18.4. The summed E-state index contributed by atoms with van der Waals surface area (Å²) in [5, 5.41) is 14.2. The number of benzene rings is 2. The number of amides is 1. The summed E-state index contributed by atoms with van der Waals surface area (Å²) in [6.45, 7) is 0. The number of methoxy groups -OCH3 is 1. The van der Waals surface area contributed by atoms with E-state index in [9.17, 15) is 14.7 Å². The number of aromatic hydroxyl groups is 1. The number of thiophene rings is 1. The first-order valence-corrected chi connectivity index (χ1v) is 8.99. The fourth-order valence-electron chi connectivity index (χ4n) is 2.42. The Bertz CT molecular complexity index is 993. The molecule has 3 rings (SSSR count). The van der Waals surface area contributed by atoms with E-state index in [0.717, 1.165) is 5.56 Å². The minimum atomic E-state index is -0.207. The summed E-state index contributed by atoms with van der Waals surface area (Å²) >= 11 is 1.35. The molecule has 5 nitrogen and oxygen atoms in total. The third-order valence-corrected chi connectivity index (χ3v) is 4.65. The van der Waals surface area contributed by atoms with Gasteiger partial charge in [-0.1, -0.05) is 30.3 Å². The van der Waals surface area contributed by atoms with Gasteiger partial charge in [-0.05, 0) is 47.4 Å². The van der Waals surface area contributed by atoms with Gasteiger partial charge >= 0.3 is 0 Å². The van der Waals surface area contributed by atoms with Gasteiger partial charge in [-0.25, -0.2) is 0 Å². The molecule has 0 saturated heterocycles. The highest BCUT2D eigenvalue weighted by molar-refractivity contribution is 7.12. The smallest absolute Gasteiger partial charge is 0.265 e. The summed E-state index contributed by atoms with van der Waals surface area (Å²) < 4.78 is 5.05. The lowest BCUT2D eigenvalue weighted by Crippen LogP contribution is -2.10. The molecule has 0 saturated carbocycles. The summed E-state index contributed by atoms with van der Waals surface area (Å²) in [6, 6.07) is 15.1. The molecule has 1 amide bonds. The minimum absolute atomic E-state index is 0.0372. The number of allylic oxidation sites excluding steroid dienone is 1. The molecule has 0 fully saturated rings. The molecule has 0 unspecified atom stereocenters. The van der Waals surface area contributed by atoms with Gasteiger partial charge in [0.2, 0.25) is 0 Å². The Labute approximate surface area is 160 Å². The molecule has 2 N–H and O–H groups in total. The standard InChI is InChI=1S/C21H17NO4S/c1-26-19-12-14(8-10-18(19)24)7-9-17(23)15-4-2-5-16(13-15)22-21(25)20-6-3-11-27-20/h2-13,24H,1H3,(H,22,25)/b9-7+. The van der Waals surface area contributed by atoms with Crippen LogP contribution in [0.4, 0.5) is 5.69 Å². The second kappa shape index (κ2) is 8.33. The van der Waals surface area contributed by atoms with Crippen molar-refractivity contribution in [2.24, 2.45) is 0 Å². The number of carbonyl (C=O) groups excluding carboxylic acids is 2. The molecule has 6 heteroatoms. The van der Waals surface area contributed by atoms with Gasteiger partial charge < -0.3 is 15.2 Å². The number of ether oxygens (including phenoxy) is 1. The molecule has 0 aliphatic heterocycles. The SMILES string of the molecule is COc1cc(/C=C/C(=O)c2cccc(NC(=O)c3cccs3)c2)ccc1O. The van der Waals surface area contributed by atoms with Crippen molar-refractivity contribution in [2.45, 2.75) is 0 Å². The topological polar surface area (TPSA) is 75.6 Å². The number of hydrogen-bond acceptors (Lipinski definition) is 5. The van der Waals surface area contributed by atoms with E-state index in [1.165, 1.54) is 30.6 Å². The Balaban J connectivity index is 1.72. The quantitative estimate of drug-likeness (QED) is 0.484. The second-order valence-corrected chi connectivity index (χ2v) is 6.59. The maximum Gasteiger partial charge on any atom is 0.265 e. The van der Waals surface area contributed by atoms with Gasteiger partial charge in [0.25, 0.3) is 5.91 Å². The lowest BCUT2D eigenvalue weighted by molar-refractivity contribution is 0.102. The zero-order valence-corrected chi connectivity index (χ0v) is 15.3. The third-order valence-electron chi connectivity index (χ3n) is 3.78. The molecule has 1 aromatic heterocycles. The van der Waals surface area contributed by atoms with Crippen LogP contribution in [0.15, 0.2) is 66.1 Å². The van der Waals surface area contributed by atoms with Crippen LogP contribution in [0.2, 0.25) is 0 Å². The molecule has 0 atom stereocenters. The Morgan fingerprint density at radius 1 is 1.11 bits per heavy atom. The van der Waals surface area contributed by atoms with Crippen molar-refractivity contribution < 1.29 is 19.4 Å². The highest BCUT2D eigenvalue weighted by atomic mass is 32.1. The fraction of sp³-hybridized carbons (Fsp3) is 0.0476. The van der Waals surface area contributed by atoms with E-state index in [2.05, 4.69) is 5.32 Å². The molecule has 3 aromatic rings. The molecule has 0 bridgehead atoms. The number of rotatable bonds is 6. The summed E-state index contributed by atoms with van der Waals surface area (Å²) in [6.07, 6.45) is 3.08. The average molecular weight is 379 g/mol. The molecule has 1 heterocycles. The molecule has 0 spiro atoms. The van der Waals surface area contributed by atoms with Crippen LogP contribution in [0.25, 0.3) is 6.08 Å². The van der Waals surface area contributed by atoms with Crippen LogP contribution in [-0.2, 0) is 0 Å². The lowest BCUT2D eigenvalue weighted by Gasteiger charge is -2.05. The van der Waals surface area contributed by atoms with Crippen LogP contribution in [-0.4, -0.2) is 23.9 Å². The first-order chi connectivity index (χ1) is 13.1. The summed E-state index contributed by atoms with van der Waals surface area (Å²) in [4.78, 5) is 25.2. The van der Waals surface area contributed by atoms with Gasteiger partial charge in [-0.15, -0.1) is 11.3 Å². The number of phenols is 1. The third kappa shape index (κ3) is 4.62. The Hall–Kier alpha value is -3.38. The van der Waals surface area contributed by atoms with Gasteiger partial charge in [0.1, 0.15) is 0 Å². The van der Waals surface area contributed by atoms with Gasteiger partial charge in [0.05, 0.1) is 12.0 Å². The number of anilines is 1. The number of carbonyl (C=O) groups is 2. The summed E-state index contributed by atoms with van der Waals surface area (Å²) in [7, 11) is 1.46. The van der Waals surface area contributed by atoms with Crippen molar-refractivity contribution in [3.63, 3.8) is 0 Å². The summed E-state index contributed by atoms with van der Waals surface area (Å²) in [5.74, 6) is -0.0337. The predicted molar refractivity (Wildman–Crippen MR) is 107 cm³/mol. The second-order valence-electron chi connectivity index (χ2n) is 5.64. The fourth-order valence-corrected chi connectivity index (χ4v) is 3.04. The molecule has 27 heavy (non-hydrogen) atoms. The van der Waals surface area contributed by atoms with E-state index in [-0.39, 0.29) is 17.4 Å². The van der Waals surface area contributed by atoms with Gasteiger partial charge in [-0.2, -0.15) is 0 Å². The van der Waals surface area contributed by atoms with Crippen LogP contribution in [0.1, 0.15) is 25.6 Å². The van der Waals surface area contributed by atoms with Crippen LogP contribution < -0.4 is 10.1 Å². The highest BCUT2D eigenvalue weighted by Gasteiger charge is 2.09. The predicted octanol–water partition coefficient (Wildman–Crippen LogP) is 4.61. The van der Waals surface area contributed by atoms with Gasteiger partial charge in [0, 0.05) is 11.3 Å².